The summed E-state index contributed by atoms with van der Waals surface area (Å²) in [4.78, 5) is -0.554. The number of benzene rings is 3. The highest BCUT2D eigenvalue weighted by molar-refractivity contribution is 7.92. The van der Waals surface area contributed by atoms with E-state index in [1.54, 1.807) is 0 Å². The largest absolute Gasteiger partial charge is 0.573 e. The van der Waals surface area contributed by atoms with E-state index < -0.39 is 38.8 Å². The van der Waals surface area contributed by atoms with Gasteiger partial charge in [0.25, 0.3) is 10.0 Å². The first-order chi connectivity index (χ1) is 15.8. The molecular weight excluding hydrogens is 488 g/mol. The SMILES string of the molecule is O=S(=O)(c1cccc(C(F)(F)F)c1)N1CCOc2ccc(-c3cccc(OC(F)(F)F)c3)cc21. The fourth-order valence-corrected chi connectivity index (χ4v) is 4.95. The van der Waals surface area contributed by atoms with Crippen LogP contribution in [0.2, 0.25) is 0 Å². The molecule has 0 fully saturated rings. The lowest BCUT2D eigenvalue weighted by atomic mass is 10.0. The van der Waals surface area contributed by atoms with Crippen LogP contribution in [0.15, 0.2) is 71.6 Å². The molecule has 5 nitrogen and oxygen atoms in total. The Morgan fingerprint density at radius 3 is 2.26 bits per heavy atom. The van der Waals surface area contributed by atoms with Gasteiger partial charge in [-0.2, -0.15) is 13.2 Å². The summed E-state index contributed by atoms with van der Waals surface area (Å²) in [6, 6.07) is 12.8. The van der Waals surface area contributed by atoms with Crippen molar-refractivity contribution in [2.45, 2.75) is 17.4 Å². The van der Waals surface area contributed by atoms with Gasteiger partial charge in [-0.3, -0.25) is 4.31 Å². The summed E-state index contributed by atoms with van der Waals surface area (Å²) in [5.41, 5.74) is -0.423. The number of ether oxygens (including phenoxy) is 2. The van der Waals surface area contributed by atoms with E-state index in [-0.39, 0.29) is 24.6 Å². The van der Waals surface area contributed by atoms with Crippen molar-refractivity contribution in [3.05, 3.63) is 72.3 Å². The number of hydrogen-bond acceptors (Lipinski definition) is 4. The molecule has 0 saturated carbocycles. The highest BCUT2D eigenvalue weighted by atomic mass is 32.2. The summed E-state index contributed by atoms with van der Waals surface area (Å²) < 4.78 is 114. The normalized spacial score (nSPS) is 14.4. The lowest BCUT2D eigenvalue weighted by Crippen LogP contribution is -2.38. The Labute approximate surface area is 190 Å². The van der Waals surface area contributed by atoms with Crippen molar-refractivity contribution < 1.29 is 44.2 Å². The highest BCUT2D eigenvalue weighted by Gasteiger charge is 2.35. The number of alkyl halides is 6. The summed E-state index contributed by atoms with van der Waals surface area (Å²) >= 11 is 0. The van der Waals surface area contributed by atoms with Gasteiger partial charge in [-0.15, -0.1) is 13.2 Å². The van der Waals surface area contributed by atoms with Gasteiger partial charge >= 0.3 is 12.5 Å². The number of anilines is 1. The topological polar surface area (TPSA) is 55.8 Å². The van der Waals surface area contributed by atoms with Gasteiger partial charge in [0, 0.05) is 0 Å². The zero-order chi connectivity index (χ0) is 24.7. The monoisotopic (exact) mass is 503 g/mol. The third kappa shape index (κ3) is 4.91. The van der Waals surface area contributed by atoms with Crippen LogP contribution in [0.3, 0.4) is 0 Å². The van der Waals surface area contributed by atoms with Gasteiger partial charge in [0.2, 0.25) is 0 Å². The van der Waals surface area contributed by atoms with Crippen molar-refractivity contribution in [1.82, 2.24) is 0 Å². The number of sulfonamides is 1. The smallest absolute Gasteiger partial charge is 0.489 e. The molecule has 1 aliphatic heterocycles. The number of fused-ring (bicyclic) bond motifs is 1. The van der Waals surface area contributed by atoms with E-state index >= 15 is 0 Å². The predicted octanol–water partition coefficient (Wildman–Crippen LogP) is 5.86. The molecule has 3 aromatic rings. The van der Waals surface area contributed by atoms with Crippen LogP contribution in [-0.4, -0.2) is 27.9 Å². The molecule has 0 saturated heterocycles. The standard InChI is InChI=1S/C22H15F6NO4S/c23-21(24,25)16-4-2-6-18(13-16)34(30,31)29-9-10-32-20-8-7-15(12-19(20)29)14-3-1-5-17(11-14)33-22(26,27)28/h1-8,11-13H,9-10H2. The number of nitrogens with zero attached hydrogens (tertiary/aromatic N) is 1. The van der Waals surface area contributed by atoms with Gasteiger partial charge in [-0.05, 0) is 53.6 Å². The molecule has 1 heterocycles. The zero-order valence-electron chi connectivity index (χ0n) is 17.0. The molecule has 0 spiro atoms. The Bertz CT molecular complexity index is 1320. The molecule has 34 heavy (non-hydrogen) atoms. The second-order valence-electron chi connectivity index (χ2n) is 7.21. The molecule has 0 amide bonds. The lowest BCUT2D eigenvalue weighted by molar-refractivity contribution is -0.274. The second-order valence-corrected chi connectivity index (χ2v) is 9.07. The van der Waals surface area contributed by atoms with Crippen LogP contribution in [-0.2, 0) is 16.2 Å². The molecule has 180 valence electrons. The molecule has 12 heteroatoms. The minimum Gasteiger partial charge on any atom is -0.489 e. The van der Waals surface area contributed by atoms with E-state index in [2.05, 4.69) is 4.74 Å². The Morgan fingerprint density at radius 1 is 0.853 bits per heavy atom. The lowest BCUT2D eigenvalue weighted by Gasteiger charge is -2.31. The number of hydrogen-bond donors (Lipinski definition) is 0. The molecule has 0 atom stereocenters. The first kappa shape index (κ1) is 23.7. The predicted molar refractivity (Wildman–Crippen MR) is 110 cm³/mol. The Hall–Kier alpha value is -3.41. The third-order valence-corrected chi connectivity index (χ3v) is 6.74. The van der Waals surface area contributed by atoms with E-state index in [4.69, 9.17) is 4.74 Å². The molecule has 3 aromatic carbocycles. The molecule has 4 rings (SSSR count). The van der Waals surface area contributed by atoms with Crippen LogP contribution in [0, 0.1) is 0 Å². The second kappa shape index (κ2) is 8.42. The average molecular weight is 503 g/mol. The van der Waals surface area contributed by atoms with Crippen molar-refractivity contribution in [2.24, 2.45) is 0 Å². The summed E-state index contributed by atoms with van der Waals surface area (Å²) in [5, 5.41) is 0. The summed E-state index contributed by atoms with van der Waals surface area (Å²) in [6.07, 6.45) is -9.62. The fourth-order valence-electron chi connectivity index (χ4n) is 3.46. The Balaban J connectivity index is 1.74. The first-order valence-corrected chi connectivity index (χ1v) is 11.1. The molecule has 0 N–H and O–H groups in total. The molecular formula is C22H15F6NO4S. The van der Waals surface area contributed by atoms with E-state index in [9.17, 15) is 34.8 Å². The van der Waals surface area contributed by atoms with Crippen molar-refractivity contribution in [3.63, 3.8) is 0 Å². The maximum absolute atomic E-state index is 13.2. The van der Waals surface area contributed by atoms with Crippen molar-refractivity contribution in [1.29, 1.82) is 0 Å². The third-order valence-electron chi connectivity index (χ3n) is 4.93. The average Bonchev–Trinajstić information content (AvgIpc) is 2.77. The van der Waals surface area contributed by atoms with Crippen LogP contribution in [0.5, 0.6) is 11.5 Å². The summed E-state index contributed by atoms with van der Waals surface area (Å²) in [5.74, 6) is -0.305. The van der Waals surface area contributed by atoms with Crippen LogP contribution in [0.25, 0.3) is 11.1 Å². The highest BCUT2D eigenvalue weighted by Crippen LogP contribution is 2.40. The molecule has 0 aromatic heterocycles. The van der Waals surface area contributed by atoms with Gasteiger partial charge < -0.3 is 9.47 Å². The summed E-state index contributed by atoms with van der Waals surface area (Å²) in [7, 11) is -4.41. The summed E-state index contributed by atoms with van der Waals surface area (Å²) in [6.45, 7) is -0.217. The number of rotatable bonds is 4. The molecule has 0 radical (unpaired) electrons. The van der Waals surface area contributed by atoms with E-state index in [0.717, 1.165) is 34.6 Å². The zero-order valence-corrected chi connectivity index (χ0v) is 17.8. The maximum Gasteiger partial charge on any atom is 0.573 e. The van der Waals surface area contributed by atoms with Gasteiger partial charge in [-0.1, -0.05) is 24.3 Å². The van der Waals surface area contributed by atoms with Crippen LogP contribution >= 0.6 is 0 Å². The van der Waals surface area contributed by atoms with E-state index in [0.29, 0.717) is 17.2 Å². The van der Waals surface area contributed by atoms with Gasteiger partial charge in [0.1, 0.15) is 18.1 Å². The molecule has 1 aliphatic rings. The minimum atomic E-state index is -4.89. The van der Waals surface area contributed by atoms with Crippen molar-refractivity contribution in [2.75, 3.05) is 17.5 Å². The Kier molecular flexibility index (Phi) is 5.88. The minimum absolute atomic E-state index is 0.0422. The molecule has 0 aliphatic carbocycles. The first-order valence-electron chi connectivity index (χ1n) is 9.68. The van der Waals surface area contributed by atoms with E-state index in [1.807, 2.05) is 0 Å². The van der Waals surface area contributed by atoms with Crippen LogP contribution in [0.4, 0.5) is 32.0 Å². The van der Waals surface area contributed by atoms with Gasteiger partial charge in [0.15, 0.2) is 0 Å². The van der Waals surface area contributed by atoms with Gasteiger partial charge in [0.05, 0.1) is 22.7 Å². The maximum atomic E-state index is 13.2. The molecule has 0 bridgehead atoms. The number of halogens is 6. The quantitative estimate of drug-likeness (QED) is 0.419. The van der Waals surface area contributed by atoms with Crippen molar-refractivity contribution >= 4 is 15.7 Å². The van der Waals surface area contributed by atoms with Gasteiger partial charge in [-0.25, -0.2) is 8.42 Å². The van der Waals surface area contributed by atoms with Crippen LogP contribution in [0.1, 0.15) is 5.56 Å². The van der Waals surface area contributed by atoms with E-state index in [1.165, 1.54) is 30.3 Å². The fraction of sp³-hybridized carbons (Fsp3) is 0.182. The molecule has 0 unspecified atom stereocenters. The Morgan fingerprint density at radius 2 is 1.56 bits per heavy atom. The van der Waals surface area contributed by atoms with Crippen LogP contribution < -0.4 is 13.8 Å². The van der Waals surface area contributed by atoms with Crippen molar-refractivity contribution in [3.8, 4) is 22.6 Å².